The van der Waals surface area contributed by atoms with Crippen molar-refractivity contribution in [3.63, 3.8) is 0 Å². The van der Waals surface area contributed by atoms with Gasteiger partial charge in [0.15, 0.2) is 0 Å². The molecule has 0 saturated heterocycles. The minimum Gasteiger partial charge on any atom is -0.285 e. The van der Waals surface area contributed by atoms with Crippen molar-refractivity contribution in [2.75, 3.05) is 0 Å². The van der Waals surface area contributed by atoms with Crippen molar-refractivity contribution < 1.29 is 8.78 Å². The summed E-state index contributed by atoms with van der Waals surface area (Å²) in [6.07, 6.45) is 8.09. The fraction of sp³-hybridized carbons (Fsp3) is 0.261. The number of hydrogen-bond donors (Lipinski definition) is 0. The summed E-state index contributed by atoms with van der Waals surface area (Å²) in [5, 5.41) is 0. The van der Waals surface area contributed by atoms with Crippen LogP contribution >= 0.6 is 0 Å². The van der Waals surface area contributed by atoms with E-state index in [9.17, 15) is 8.78 Å². The summed E-state index contributed by atoms with van der Waals surface area (Å²) in [6, 6.07) is 16.6. The Morgan fingerprint density at radius 3 is 2.38 bits per heavy atom. The molecule has 1 aliphatic carbocycles. The maximum absolute atomic E-state index is 13.4. The predicted molar refractivity (Wildman–Crippen MR) is 103 cm³/mol. The van der Waals surface area contributed by atoms with E-state index < -0.39 is 5.54 Å². The third-order valence-electron chi connectivity index (χ3n) is 4.86. The highest BCUT2D eigenvalue weighted by Crippen LogP contribution is 2.33. The van der Waals surface area contributed by atoms with Gasteiger partial charge in [-0.05, 0) is 48.8 Å². The Bertz CT molecular complexity index is 836. The zero-order valence-electron chi connectivity index (χ0n) is 15.1. The van der Waals surface area contributed by atoms with Gasteiger partial charge in [0.25, 0.3) is 0 Å². The van der Waals surface area contributed by atoms with Crippen LogP contribution in [0, 0.1) is 11.2 Å². The predicted octanol–water partition coefficient (Wildman–Crippen LogP) is 6.17. The minimum atomic E-state index is -0.536. The Morgan fingerprint density at radius 2 is 1.77 bits per heavy atom. The molecule has 2 atom stereocenters. The number of nitrogens with zero attached hydrogens (tertiary/aromatic N) is 1. The normalized spacial score (nSPS) is 22.2. The Labute approximate surface area is 153 Å². The van der Waals surface area contributed by atoms with Crippen molar-refractivity contribution in [1.29, 1.82) is 0 Å². The summed E-state index contributed by atoms with van der Waals surface area (Å²) in [6.45, 7) is 4.08. The van der Waals surface area contributed by atoms with Gasteiger partial charge in [0.2, 0.25) is 0 Å². The van der Waals surface area contributed by atoms with E-state index in [0.29, 0.717) is 12.8 Å². The lowest BCUT2D eigenvalue weighted by molar-refractivity contribution is 0.483. The lowest BCUT2D eigenvalue weighted by Crippen LogP contribution is -2.26. The second-order valence-corrected chi connectivity index (χ2v) is 7.33. The molecule has 0 fully saturated rings. The average Bonchev–Trinajstić information content (AvgIpc) is 2.64. The van der Waals surface area contributed by atoms with Crippen LogP contribution in [-0.2, 0) is 12.0 Å². The number of aliphatic imine (C=N–C) groups is 1. The molecule has 1 nitrogen and oxygen atoms in total. The molecule has 26 heavy (non-hydrogen) atoms. The highest BCUT2D eigenvalue weighted by atomic mass is 19.1. The number of hydrogen-bond acceptors (Lipinski definition) is 1. The first kappa shape index (κ1) is 18.2. The second-order valence-electron chi connectivity index (χ2n) is 7.33. The number of benzene rings is 2. The van der Waals surface area contributed by atoms with E-state index in [1.54, 1.807) is 18.2 Å². The summed E-state index contributed by atoms with van der Waals surface area (Å²) in [4.78, 5) is 4.92. The summed E-state index contributed by atoms with van der Waals surface area (Å²) < 4.78 is 26.7. The van der Waals surface area contributed by atoms with Crippen molar-refractivity contribution in [2.45, 2.75) is 32.2 Å². The van der Waals surface area contributed by atoms with Gasteiger partial charge >= 0.3 is 0 Å². The lowest BCUT2D eigenvalue weighted by Gasteiger charge is -2.29. The third-order valence-corrected chi connectivity index (χ3v) is 4.86. The van der Waals surface area contributed by atoms with E-state index in [-0.39, 0.29) is 17.1 Å². The largest absolute Gasteiger partial charge is 0.285 e. The molecule has 2 aromatic carbocycles. The second kappa shape index (κ2) is 7.36. The standard InChI is InChI=1S/C23H23F2N/c1-22(14-12-21(25)13-15-22)17-26-23(2,16-18-6-4-3-5-7-18)19-8-10-20(24)11-9-19/h3-14,17H,15-16H2,1-2H3. The number of halogens is 2. The van der Waals surface area contributed by atoms with Crippen LogP contribution in [0.3, 0.4) is 0 Å². The van der Waals surface area contributed by atoms with E-state index in [4.69, 9.17) is 4.99 Å². The van der Waals surface area contributed by atoms with Crippen LogP contribution in [-0.4, -0.2) is 6.21 Å². The molecule has 2 aromatic rings. The van der Waals surface area contributed by atoms with Crippen molar-refractivity contribution in [3.8, 4) is 0 Å². The van der Waals surface area contributed by atoms with Crippen molar-refractivity contribution in [1.82, 2.24) is 0 Å². The molecular formula is C23H23F2N. The monoisotopic (exact) mass is 351 g/mol. The molecule has 1 aliphatic rings. The fourth-order valence-electron chi connectivity index (χ4n) is 3.13. The van der Waals surface area contributed by atoms with E-state index in [2.05, 4.69) is 19.1 Å². The zero-order chi connectivity index (χ0) is 18.6. The summed E-state index contributed by atoms with van der Waals surface area (Å²) in [7, 11) is 0. The molecule has 0 spiro atoms. The Hall–Kier alpha value is -2.55. The first-order valence-corrected chi connectivity index (χ1v) is 8.80. The van der Waals surface area contributed by atoms with Gasteiger partial charge in [-0.15, -0.1) is 0 Å². The van der Waals surface area contributed by atoms with Gasteiger partial charge < -0.3 is 0 Å². The van der Waals surface area contributed by atoms with Crippen molar-refractivity contribution >= 4 is 6.21 Å². The van der Waals surface area contributed by atoms with Gasteiger partial charge in [0.05, 0.1) is 5.54 Å². The first-order chi connectivity index (χ1) is 12.4. The molecule has 2 unspecified atom stereocenters. The SMILES string of the molecule is CC1(C=NC(C)(Cc2ccccc2)c2ccc(F)cc2)C=CC(F)=CC1. The minimum absolute atomic E-state index is 0.207. The molecule has 134 valence electrons. The molecule has 0 amide bonds. The van der Waals surface area contributed by atoms with E-state index >= 15 is 0 Å². The summed E-state index contributed by atoms with van der Waals surface area (Å²) in [5.41, 5.74) is 1.25. The Kier molecular flexibility index (Phi) is 5.17. The Morgan fingerprint density at radius 1 is 1.08 bits per heavy atom. The van der Waals surface area contributed by atoms with Gasteiger partial charge in [0.1, 0.15) is 11.6 Å². The van der Waals surface area contributed by atoms with Gasteiger partial charge in [-0.1, -0.05) is 55.5 Å². The summed E-state index contributed by atoms with van der Waals surface area (Å²) in [5.74, 6) is -0.468. The van der Waals surface area contributed by atoms with E-state index in [0.717, 1.165) is 11.1 Å². The quantitative estimate of drug-likeness (QED) is 0.571. The van der Waals surface area contributed by atoms with Gasteiger partial charge in [0, 0.05) is 18.1 Å². The molecule has 0 bridgehead atoms. The molecule has 0 N–H and O–H groups in total. The lowest BCUT2D eigenvalue weighted by atomic mass is 9.82. The fourth-order valence-corrected chi connectivity index (χ4v) is 3.13. The molecular weight excluding hydrogens is 328 g/mol. The average molecular weight is 351 g/mol. The number of rotatable bonds is 5. The maximum atomic E-state index is 13.4. The van der Waals surface area contributed by atoms with E-state index in [1.807, 2.05) is 37.4 Å². The van der Waals surface area contributed by atoms with Gasteiger partial charge in [-0.3, -0.25) is 4.99 Å². The van der Waals surface area contributed by atoms with Crippen LogP contribution in [0.4, 0.5) is 8.78 Å². The molecule has 0 aromatic heterocycles. The third kappa shape index (κ3) is 4.34. The van der Waals surface area contributed by atoms with Crippen LogP contribution in [0.1, 0.15) is 31.4 Å². The topological polar surface area (TPSA) is 12.4 Å². The molecule has 3 heteroatoms. The zero-order valence-corrected chi connectivity index (χ0v) is 15.1. The maximum Gasteiger partial charge on any atom is 0.123 e. The van der Waals surface area contributed by atoms with Crippen LogP contribution in [0.25, 0.3) is 0 Å². The first-order valence-electron chi connectivity index (χ1n) is 8.80. The van der Waals surface area contributed by atoms with Crippen molar-refractivity contribution in [2.24, 2.45) is 10.4 Å². The van der Waals surface area contributed by atoms with Crippen LogP contribution < -0.4 is 0 Å². The van der Waals surface area contributed by atoms with Crippen LogP contribution in [0.2, 0.25) is 0 Å². The molecule has 0 radical (unpaired) electrons. The van der Waals surface area contributed by atoms with Crippen LogP contribution in [0.15, 0.2) is 83.6 Å². The molecule has 3 rings (SSSR count). The summed E-state index contributed by atoms with van der Waals surface area (Å²) >= 11 is 0. The molecule has 0 heterocycles. The smallest absolute Gasteiger partial charge is 0.123 e. The molecule has 0 saturated carbocycles. The van der Waals surface area contributed by atoms with Crippen LogP contribution in [0.5, 0.6) is 0 Å². The highest BCUT2D eigenvalue weighted by Gasteiger charge is 2.28. The van der Waals surface area contributed by atoms with Gasteiger partial charge in [-0.25, -0.2) is 8.78 Å². The van der Waals surface area contributed by atoms with E-state index in [1.165, 1.54) is 18.2 Å². The van der Waals surface area contributed by atoms with Gasteiger partial charge in [-0.2, -0.15) is 0 Å². The number of allylic oxidation sites excluding steroid dienone is 4. The highest BCUT2D eigenvalue weighted by molar-refractivity contribution is 5.70. The van der Waals surface area contributed by atoms with Crippen molar-refractivity contribution in [3.05, 3.63) is 95.6 Å². The molecule has 0 aliphatic heterocycles. The Balaban J connectivity index is 1.94.